The van der Waals surface area contributed by atoms with Crippen LogP contribution in [0.4, 0.5) is 0 Å². The molecule has 0 bridgehead atoms. The fraction of sp³-hybridized carbons (Fsp3) is 0.455. The third-order valence-corrected chi connectivity index (χ3v) is 2.73. The van der Waals surface area contributed by atoms with Crippen molar-refractivity contribution in [3.05, 3.63) is 32.6 Å². The molecule has 0 saturated heterocycles. The SMILES string of the molecule is N#Cc1cn(CCNC(=O)C2CC2)c(=O)[nH]c1=O. The van der Waals surface area contributed by atoms with Crippen molar-refractivity contribution in [3.8, 4) is 6.07 Å². The number of carbonyl (C=O) groups is 1. The average molecular weight is 248 g/mol. The highest BCUT2D eigenvalue weighted by atomic mass is 16.2. The Hall–Kier alpha value is -2.36. The number of nitrogens with zero attached hydrogens (tertiary/aromatic N) is 2. The van der Waals surface area contributed by atoms with Crippen molar-refractivity contribution in [2.45, 2.75) is 19.4 Å². The molecular weight excluding hydrogens is 236 g/mol. The molecule has 2 N–H and O–H groups in total. The van der Waals surface area contributed by atoms with Gasteiger partial charge in [-0.05, 0) is 12.8 Å². The summed E-state index contributed by atoms with van der Waals surface area (Å²) in [6.07, 6.45) is 3.04. The first-order valence-corrected chi connectivity index (χ1v) is 5.63. The summed E-state index contributed by atoms with van der Waals surface area (Å²) in [5, 5.41) is 11.4. The monoisotopic (exact) mass is 248 g/mol. The number of carbonyl (C=O) groups excluding carboxylic acids is 1. The second-order valence-corrected chi connectivity index (χ2v) is 4.17. The van der Waals surface area contributed by atoms with Crippen LogP contribution < -0.4 is 16.6 Å². The fourth-order valence-electron chi connectivity index (χ4n) is 1.54. The number of amides is 1. The molecule has 1 aromatic rings. The van der Waals surface area contributed by atoms with Crippen LogP contribution in [0.3, 0.4) is 0 Å². The molecule has 1 heterocycles. The number of H-pyrrole nitrogens is 1. The topological polar surface area (TPSA) is 108 Å². The van der Waals surface area contributed by atoms with E-state index >= 15 is 0 Å². The molecular formula is C11H12N4O3. The summed E-state index contributed by atoms with van der Waals surface area (Å²) in [6.45, 7) is 0.523. The Morgan fingerprint density at radius 2 is 2.28 bits per heavy atom. The second-order valence-electron chi connectivity index (χ2n) is 4.17. The van der Waals surface area contributed by atoms with Crippen LogP contribution in [-0.2, 0) is 11.3 Å². The van der Waals surface area contributed by atoms with Crippen molar-refractivity contribution >= 4 is 5.91 Å². The van der Waals surface area contributed by atoms with Gasteiger partial charge >= 0.3 is 5.69 Å². The lowest BCUT2D eigenvalue weighted by Gasteiger charge is -2.06. The van der Waals surface area contributed by atoms with Crippen LogP contribution in [0.1, 0.15) is 18.4 Å². The van der Waals surface area contributed by atoms with E-state index in [1.165, 1.54) is 10.8 Å². The molecule has 1 aliphatic rings. The number of aromatic nitrogens is 2. The van der Waals surface area contributed by atoms with Gasteiger partial charge in [-0.1, -0.05) is 0 Å². The van der Waals surface area contributed by atoms with E-state index in [9.17, 15) is 14.4 Å². The molecule has 7 nitrogen and oxygen atoms in total. The molecule has 0 unspecified atom stereocenters. The molecule has 0 aromatic carbocycles. The molecule has 0 atom stereocenters. The minimum absolute atomic E-state index is 0.00650. The summed E-state index contributed by atoms with van der Waals surface area (Å²) < 4.78 is 1.20. The smallest absolute Gasteiger partial charge is 0.328 e. The fourth-order valence-corrected chi connectivity index (χ4v) is 1.54. The van der Waals surface area contributed by atoms with Gasteiger partial charge in [0.15, 0.2) is 0 Å². The van der Waals surface area contributed by atoms with Gasteiger partial charge in [0.2, 0.25) is 5.91 Å². The van der Waals surface area contributed by atoms with Crippen molar-refractivity contribution in [1.82, 2.24) is 14.9 Å². The summed E-state index contributed by atoms with van der Waals surface area (Å²) in [4.78, 5) is 36.0. The van der Waals surface area contributed by atoms with Crippen LogP contribution in [0.25, 0.3) is 0 Å². The van der Waals surface area contributed by atoms with Crippen LogP contribution in [0.5, 0.6) is 0 Å². The van der Waals surface area contributed by atoms with Gasteiger partial charge in [0, 0.05) is 25.2 Å². The second kappa shape index (κ2) is 4.87. The zero-order valence-electron chi connectivity index (χ0n) is 9.60. The van der Waals surface area contributed by atoms with Crippen LogP contribution in [-0.4, -0.2) is 22.0 Å². The van der Waals surface area contributed by atoms with Crippen LogP contribution >= 0.6 is 0 Å². The van der Waals surface area contributed by atoms with Gasteiger partial charge in [-0.15, -0.1) is 0 Å². The number of rotatable bonds is 4. The quantitative estimate of drug-likeness (QED) is 0.707. The third kappa shape index (κ3) is 2.66. The molecule has 0 aliphatic heterocycles. The maximum atomic E-state index is 11.4. The third-order valence-electron chi connectivity index (χ3n) is 2.73. The highest BCUT2D eigenvalue weighted by molar-refractivity contribution is 5.80. The van der Waals surface area contributed by atoms with Gasteiger partial charge in [0.25, 0.3) is 5.56 Å². The van der Waals surface area contributed by atoms with E-state index in [1.54, 1.807) is 6.07 Å². The van der Waals surface area contributed by atoms with Gasteiger partial charge in [0.1, 0.15) is 11.6 Å². The minimum Gasteiger partial charge on any atom is -0.354 e. The lowest BCUT2D eigenvalue weighted by Crippen LogP contribution is -2.35. The first-order valence-electron chi connectivity index (χ1n) is 5.63. The molecule has 1 amide bonds. The van der Waals surface area contributed by atoms with E-state index in [1.807, 2.05) is 4.98 Å². The van der Waals surface area contributed by atoms with Gasteiger partial charge < -0.3 is 5.32 Å². The summed E-state index contributed by atoms with van der Waals surface area (Å²) >= 11 is 0. The van der Waals surface area contributed by atoms with Crippen molar-refractivity contribution in [2.75, 3.05) is 6.54 Å². The van der Waals surface area contributed by atoms with E-state index in [4.69, 9.17) is 5.26 Å². The molecule has 0 radical (unpaired) electrons. The van der Waals surface area contributed by atoms with Crippen molar-refractivity contribution in [2.24, 2.45) is 5.92 Å². The standard InChI is InChI=1S/C11H12N4O3/c12-5-8-6-15(11(18)14-10(8)17)4-3-13-9(16)7-1-2-7/h6-7H,1-4H2,(H,13,16)(H,14,17,18). The van der Waals surface area contributed by atoms with Gasteiger partial charge in [0.05, 0.1) is 0 Å². The maximum Gasteiger partial charge on any atom is 0.328 e. The first-order chi connectivity index (χ1) is 8.61. The Morgan fingerprint density at radius 3 is 2.89 bits per heavy atom. The lowest BCUT2D eigenvalue weighted by molar-refractivity contribution is -0.122. The van der Waals surface area contributed by atoms with Gasteiger partial charge in [-0.2, -0.15) is 5.26 Å². The number of aromatic amines is 1. The van der Waals surface area contributed by atoms with E-state index < -0.39 is 11.2 Å². The molecule has 2 rings (SSSR count). The van der Waals surface area contributed by atoms with Gasteiger partial charge in [-0.3, -0.25) is 19.1 Å². The summed E-state index contributed by atoms with van der Waals surface area (Å²) in [5.41, 5.74) is -1.40. The predicted octanol–water partition coefficient (Wildman–Crippen LogP) is -1.07. The van der Waals surface area contributed by atoms with Crippen LogP contribution in [0, 0.1) is 17.2 Å². The Balaban J connectivity index is 2.00. The Labute approximate surface area is 102 Å². The zero-order chi connectivity index (χ0) is 13.1. The van der Waals surface area contributed by atoms with E-state index in [2.05, 4.69) is 5.32 Å². The largest absolute Gasteiger partial charge is 0.354 e. The van der Waals surface area contributed by atoms with Crippen molar-refractivity contribution < 1.29 is 4.79 Å². The molecule has 1 saturated carbocycles. The van der Waals surface area contributed by atoms with Gasteiger partial charge in [-0.25, -0.2) is 4.79 Å². The van der Waals surface area contributed by atoms with E-state index in [0.29, 0.717) is 6.54 Å². The Kier molecular flexibility index (Phi) is 3.28. The lowest BCUT2D eigenvalue weighted by atomic mass is 10.3. The predicted molar refractivity (Wildman–Crippen MR) is 61.8 cm³/mol. The minimum atomic E-state index is -0.694. The molecule has 7 heteroatoms. The van der Waals surface area contributed by atoms with E-state index in [-0.39, 0.29) is 23.9 Å². The van der Waals surface area contributed by atoms with E-state index in [0.717, 1.165) is 12.8 Å². The zero-order valence-corrected chi connectivity index (χ0v) is 9.60. The molecule has 1 aromatic heterocycles. The first kappa shape index (κ1) is 12.1. The highest BCUT2D eigenvalue weighted by Crippen LogP contribution is 2.28. The number of hydrogen-bond donors (Lipinski definition) is 2. The summed E-state index contributed by atoms with van der Waals surface area (Å²) in [6, 6.07) is 1.70. The maximum absolute atomic E-state index is 11.4. The van der Waals surface area contributed by atoms with Crippen LogP contribution in [0.15, 0.2) is 15.8 Å². The molecule has 1 aliphatic carbocycles. The molecule has 94 valence electrons. The number of nitriles is 1. The van der Waals surface area contributed by atoms with Crippen molar-refractivity contribution in [1.29, 1.82) is 5.26 Å². The normalized spacial score (nSPS) is 13.9. The van der Waals surface area contributed by atoms with Crippen LogP contribution in [0.2, 0.25) is 0 Å². The number of nitrogens with one attached hydrogen (secondary N) is 2. The molecule has 18 heavy (non-hydrogen) atoms. The van der Waals surface area contributed by atoms with Crippen molar-refractivity contribution in [3.63, 3.8) is 0 Å². The summed E-state index contributed by atoms with van der Waals surface area (Å²) in [5.74, 6) is 0.111. The summed E-state index contributed by atoms with van der Waals surface area (Å²) in [7, 11) is 0. The molecule has 1 fully saturated rings. The highest BCUT2D eigenvalue weighted by Gasteiger charge is 2.28. The molecule has 0 spiro atoms. The average Bonchev–Trinajstić information content (AvgIpc) is 3.15. The Bertz CT molecular complexity index is 618. The Morgan fingerprint density at radius 1 is 1.56 bits per heavy atom. The number of hydrogen-bond acceptors (Lipinski definition) is 4.